The normalized spacial score (nSPS) is 21.7. The van der Waals surface area contributed by atoms with E-state index in [9.17, 15) is 0 Å². The van der Waals surface area contributed by atoms with Gasteiger partial charge in [-0.15, -0.1) is 0 Å². The largest absolute Gasteiger partial charge is 0.321 e. The lowest BCUT2D eigenvalue weighted by atomic mass is 9.86. The van der Waals surface area contributed by atoms with Gasteiger partial charge in [-0.05, 0) is 37.3 Å². The number of nitrogens with zero attached hydrogens (tertiary/aromatic N) is 2. The maximum Gasteiger partial charge on any atom is 0.130 e. The fourth-order valence-electron chi connectivity index (χ4n) is 3.09. The minimum Gasteiger partial charge on any atom is -0.321 e. The van der Waals surface area contributed by atoms with Gasteiger partial charge in [0, 0.05) is 18.2 Å². The molecule has 0 spiro atoms. The zero-order chi connectivity index (χ0) is 13.6. The summed E-state index contributed by atoms with van der Waals surface area (Å²) in [4.78, 5) is 0. The third-order valence-corrected chi connectivity index (χ3v) is 4.63. The number of hydrogen-bond acceptors (Lipinski definition) is 2. The lowest BCUT2D eigenvalue weighted by Gasteiger charge is -2.25. The first kappa shape index (κ1) is 12.7. The van der Waals surface area contributed by atoms with Gasteiger partial charge in [-0.25, -0.2) is 0 Å². The molecule has 1 atom stereocenters. The molecule has 0 saturated heterocycles. The van der Waals surface area contributed by atoms with Crippen molar-refractivity contribution in [3.63, 3.8) is 0 Å². The molecule has 2 N–H and O–H groups in total. The van der Waals surface area contributed by atoms with Crippen LogP contribution in [-0.4, -0.2) is 9.78 Å². The van der Waals surface area contributed by atoms with Gasteiger partial charge in [0.15, 0.2) is 0 Å². The number of benzene rings is 1. The fourth-order valence-corrected chi connectivity index (χ4v) is 3.33. The summed E-state index contributed by atoms with van der Waals surface area (Å²) in [6.07, 6.45) is 2.77. The number of fused-ring (bicyclic) bond motifs is 1. The van der Waals surface area contributed by atoms with Crippen molar-refractivity contribution >= 4 is 11.6 Å². The van der Waals surface area contributed by atoms with Crippen molar-refractivity contribution in [1.82, 2.24) is 9.78 Å². The van der Waals surface area contributed by atoms with Crippen molar-refractivity contribution in [2.75, 3.05) is 0 Å². The number of rotatable bonds is 2. The Labute approximate surface area is 118 Å². The molecule has 2 aromatic rings. The lowest BCUT2D eigenvalue weighted by Crippen LogP contribution is -2.36. The number of hydrogen-bond donors (Lipinski definition) is 1. The van der Waals surface area contributed by atoms with Crippen LogP contribution in [0.25, 0.3) is 0 Å². The first-order valence-electron chi connectivity index (χ1n) is 6.56. The average Bonchev–Trinajstić information content (AvgIpc) is 2.84. The summed E-state index contributed by atoms with van der Waals surface area (Å²) in [5.41, 5.74) is 11.0. The molecule has 1 aromatic heterocycles. The molecule has 0 radical (unpaired) electrons. The second-order valence-corrected chi connectivity index (χ2v) is 5.83. The van der Waals surface area contributed by atoms with Crippen molar-refractivity contribution in [2.45, 2.75) is 31.7 Å². The van der Waals surface area contributed by atoms with Crippen LogP contribution in [0, 0.1) is 6.92 Å². The first-order chi connectivity index (χ1) is 9.01. The summed E-state index contributed by atoms with van der Waals surface area (Å²) in [6, 6.07) is 8.44. The summed E-state index contributed by atoms with van der Waals surface area (Å²) in [6.45, 7) is 1.99. The summed E-state index contributed by atoms with van der Waals surface area (Å²) < 4.78 is 1.72. The van der Waals surface area contributed by atoms with Crippen molar-refractivity contribution < 1.29 is 0 Å². The molecule has 19 heavy (non-hydrogen) atoms. The van der Waals surface area contributed by atoms with E-state index < -0.39 is 0 Å². The fraction of sp³-hybridized carbons (Fsp3) is 0.400. The SMILES string of the molecule is Cc1nn(C)c(Cl)c1CC1(N)CCc2ccccc21. The minimum atomic E-state index is -0.311. The highest BCUT2D eigenvalue weighted by atomic mass is 35.5. The topological polar surface area (TPSA) is 43.8 Å². The van der Waals surface area contributed by atoms with Crippen LogP contribution >= 0.6 is 11.6 Å². The predicted octanol–water partition coefficient (Wildman–Crippen LogP) is 2.72. The quantitative estimate of drug-likeness (QED) is 0.916. The summed E-state index contributed by atoms with van der Waals surface area (Å²) in [5.74, 6) is 0. The van der Waals surface area contributed by atoms with Crippen molar-refractivity contribution in [2.24, 2.45) is 12.8 Å². The lowest BCUT2D eigenvalue weighted by molar-refractivity contribution is 0.438. The monoisotopic (exact) mass is 275 g/mol. The van der Waals surface area contributed by atoms with Crippen molar-refractivity contribution in [3.8, 4) is 0 Å². The molecular weight excluding hydrogens is 258 g/mol. The zero-order valence-electron chi connectivity index (χ0n) is 11.3. The van der Waals surface area contributed by atoms with E-state index in [0.29, 0.717) is 5.15 Å². The van der Waals surface area contributed by atoms with Crippen LogP contribution in [-0.2, 0) is 25.4 Å². The molecule has 1 unspecified atom stereocenters. The van der Waals surface area contributed by atoms with Gasteiger partial charge in [0.05, 0.1) is 5.69 Å². The maximum atomic E-state index is 6.65. The smallest absolute Gasteiger partial charge is 0.130 e. The molecule has 0 bridgehead atoms. The van der Waals surface area contributed by atoms with Crippen molar-refractivity contribution in [3.05, 3.63) is 51.8 Å². The van der Waals surface area contributed by atoms with E-state index in [-0.39, 0.29) is 5.54 Å². The molecule has 100 valence electrons. The molecular formula is C15H18ClN3. The van der Waals surface area contributed by atoms with E-state index in [0.717, 1.165) is 30.5 Å². The van der Waals surface area contributed by atoms with Crippen LogP contribution in [0.2, 0.25) is 5.15 Å². The Morgan fingerprint density at radius 2 is 2.16 bits per heavy atom. The molecule has 0 saturated carbocycles. The summed E-state index contributed by atoms with van der Waals surface area (Å²) >= 11 is 6.33. The molecule has 1 aromatic carbocycles. The van der Waals surface area contributed by atoms with Gasteiger partial charge >= 0.3 is 0 Å². The number of nitrogens with two attached hydrogens (primary N) is 1. The van der Waals surface area contributed by atoms with Gasteiger partial charge in [0.1, 0.15) is 5.15 Å². The van der Waals surface area contributed by atoms with Gasteiger partial charge in [-0.2, -0.15) is 5.10 Å². The Hall–Kier alpha value is -1.32. The van der Waals surface area contributed by atoms with Crippen LogP contribution in [0.15, 0.2) is 24.3 Å². The average molecular weight is 276 g/mol. The van der Waals surface area contributed by atoms with E-state index in [1.807, 2.05) is 14.0 Å². The molecule has 1 aliphatic carbocycles. The van der Waals surface area contributed by atoms with Gasteiger partial charge in [0.2, 0.25) is 0 Å². The number of halogens is 1. The minimum absolute atomic E-state index is 0.311. The van der Waals surface area contributed by atoms with E-state index >= 15 is 0 Å². The molecule has 0 aliphatic heterocycles. The van der Waals surface area contributed by atoms with E-state index in [2.05, 4.69) is 29.4 Å². The van der Waals surface area contributed by atoms with Gasteiger partial charge in [0.25, 0.3) is 0 Å². The molecule has 0 amide bonds. The summed E-state index contributed by atoms with van der Waals surface area (Å²) in [5, 5.41) is 5.07. The Balaban J connectivity index is 2.00. The standard InChI is InChI=1S/C15H18ClN3/c1-10-12(14(16)19(2)18-10)9-15(17)8-7-11-5-3-4-6-13(11)15/h3-6H,7-9,17H2,1-2H3. The second-order valence-electron chi connectivity index (χ2n) is 5.47. The van der Waals surface area contributed by atoms with Crippen LogP contribution in [0.4, 0.5) is 0 Å². The summed E-state index contributed by atoms with van der Waals surface area (Å²) in [7, 11) is 1.87. The third-order valence-electron chi connectivity index (χ3n) is 4.16. The van der Waals surface area contributed by atoms with Gasteiger partial charge in [-0.3, -0.25) is 4.68 Å². The molecule has 3 rings (SSSR count). The maximum absolute atomic E-state index is 6.65. The van der Waals surface area contributed by atoms with E-state index in [4.69, 9.17) is 17.3 Å². The van der Waals surface area contributed by atoms with Crippen molar-refractivity contribution in [1.29, 1.82) is 0 Å². The molecule has 3 nitrogen and oxygen atoms in total. The molecule has 4 heteroatoms. The number of aromatic nitrogens is 2. The predicted molar refractivity (Wildman–Crippen MR) is 77.3 cm³/mol. The van der Waals surface area contributed by atoms with Gasteiger partial charge in [-0.1, -0.05) is 35.9 Å². The molecule has 1 heterocycles. The van der Waals surface area contributed by atoms with Crippen LogP contribution in [0.5, 0.6) is 0 Å². The molecule has 0 fully saturated rings. The Kier molecular flexibility index (Phi) is 2.91. The van der Waals surface area contributed by atoms with E-state index in [1.165, 1.54) is 11.1 Å². The molecule has 1 aliphatic rings. The van der Waals surface area contributed by atoms with Crippen LogP contribution in [0.3, 0.4) is 0 Å². The zero-order valence-corrected chi connectivity index (χ0v) is 12.0. The van der Waals surface area contributed by atoms with Gasteiger partial charge < -0.3 is 5.73 Å². The van der Waals surface area contributed by atoms with Crippen LogP contribution < -0.4 is 5.73 Å². The highest BCUT2D eigenvalue weighted by molar-refractivity contribution is 6.30. The van der Waals surface area contributed by atoms with E-state index in [1.54, 1.807) is 4.68 Å². The Morgan fingerprint density at radius 3 is 2.84 bits per heavy atom. The number of aryl methyl sites for hydroxylation is 3. The highest BCUT2D eigenvalue weighted by Gasteiger charge is 2.36. The first-order valence-corrected chi connectivity index (χ1v) is 6.94. The highest BCUT2D eigenvalue weighted by Crippen LogP contribution is 2.38. The second kappa shape index (κ2) is 4.36. The third kappa shape index (κ3) is 1.97. The Morgan fingerprint density at radius 1 is 1.42 bits per heavy atom. The van der Waals surface area contributed by atoms with Crippen LogP contribution in [0.1, 0.15) is 28.8 Å². The Bertz CT molecular complexity index is 632.